The number of hydrogen-bond acceptors (Lipinski definition) is 9. The van der Waals surface area contributed by atoms with Crippen molar-refractivity contribution >= 4 is 0 Å². The monoisotopic (exact) mass is 512 g/mol. The normalized spacial score (nSPS) is 38.3. The minimum absolute atomic E-state index is 0.269. The van der Waals surface area contributed by atoms with E-state index in [1.54, 1.807) is 18.9 Å². The summed E-state index contributed by atoms with van der Waals surface area (Å²) in [5, 5.41) is 14.4. The van der Waals surface area contributed by atoms with Crippen molar-refractivity contribution in [1.82, 2.24) is 5.06 Å². The van der Waals surface area contributed by atoms with Crippen molar-refractivity contribution in [3.8, 4) is 0 Å². The van der Waals surface area contributed by atoms with Gasteiger partial charge in [0.2, 0.25) is 0 Å². The van der Waals surface area contributed by atoms with Gasteiger partial charge in [0.15, 0.2) is 24.0 Å². The minimum Gasteiger partial charge on any atom is -0.342 e. The molecule has 8 atom stereocenters. The lowest BCUT2D eigenvalue weighted by atomic mass is 9.88. The number of hydrogen-bond donors (Lipinski definition) is 0. The van der Waals surface area contributed by atoms with E-state index in [9.17, 15) is 10.1 Å². The first kappa shape index (κ1) is 24.9. The molecule has 0 N–H and O–H groups in total. The summed E-state index contributed by atoms with van der Waals surface area (Å²) in [6.45, 7) is 7.60. The molecule has 6 rings (SSSR count). The molecule has 0 radical (unpaired) electrons. The predicted octanol–water partition coefficient (Wildman–Crippen LogP) is 3.59. The van der Waals surface area contributed by atoms with Gasteiger partial charge in [0, 0.05) is 4.92 Å². The summed E-state index contributed by atoms with van der Waals surface area (Å²) in [6.07, 6.45) is -4.26. The molecule has 4 saturated heterocycles. The molecule has 2 aromatic rings. The predicted molar refractivity (Wildman–Crippen MR) is 129 cm³/mol. The summed E-state index contributed by atoms with van der Waals surface area (Å²) in [6, 6.07) is 17.4. The molecule has 0 spiro atoms. The number of rotatable bonds is 5. The molecule has 4 aliphatic heterocycles. The fourth-order valence-electron chi connectivity index (χ4n) is 5.94. The number of ether oxygens (including phenoxy) is 5. The van der Waals surface area contributed by atoms with Crippen LogP contribution in [0.4, 0.5) is 0 Å². The van der Waals surface area contributed by atoms with Gasteiger partial charge in [-0.05, 0) is 38.8 Å². The van der Waals surface area contributed by atoms with Crippen molar-refractivity contribution in [3.63, 3.8) is 0 Å². The standard InChI is InChI=1S/C27H32N2O8/c1-26(2)33-22-21(32-25-24(23(22)34-26)35-27(3,4)36-25)20-19(29(30)31)18(17-13-9-6-10-14-17)28(37-20)15-16-11-7-5-8-12-16/h5-14,18-25H,15H2,1-4H3/t18-,19+,20+,21-,22+,23+,24-,25-/m1/s1. The number of benzene rings is 2. The Kier molecular flexibility index (Phi) is 6.11. The first-order valence-corrected chi connectivity index (χ1v) is 12.6. The summed E-state index contributed by atoms with van der Waals surface area (Å²) in [7, 11) is 0. The van der Waals surface area contributed by atoms with E-state index in [1.165, 1.54) is 0 Å². The Morgan fingerprint density at radius 1 is 0.784 bits per heavy atom. The van der Waals surface area contributed by atoms with Crippen LogP contribution in [0.5, 0.6) is 0 Å². The Bertz CT molecular complexity index is 1130. The van der Waals surface area contributed by atoms with Gasteiger partial charge in [-0.15, -0.1) is 0 Å². The van der Waals surface area contributed by atoms with E-state index < -0.39 is 60.5 Å². The van der Waals surface area contributed by atoms with Crippen molar-refractivity contribution in [2.24, 2.45) is 0 Å². The maximum Gasteiger partial charge on any atom is 0.265 e. The van der Waals surface area contributed by atoms with Crippen LogP contribution in [0.1, 0.15) is 44.9 Å². The van der Waals surface area contributed by atoms with Gasteiger partial charge in [0.05, 0.1) is 6.54 Å². The molecule has 0 aromatic heterocycles. The molecule has 10 nitrogen and oxygen atoms in total. The maximum absolute atomic E-state index is 12.7. The van der Waals surface area contributed by atoms with Crippen molar-refractivity contribution in [2.45, 2.75) is 94.7 Å². The number of nitrogens with zero attached hydrogens (tertiary/aromatic N) is 2. The Morgan fingerprint density at radius 2 is 1.35 bits per heavy atom. The molecule has 4 heterocycles. The second kappa shape index (κ2) is 9.09. The molecular formula is C27H32N2O8. The number of fused-ring (bicyclic) bond motifs is 3. The van der Waals surface area contributed by atoms with Crippen LogP contribution in [0.2, 0.25) is 0 Å². The lowest BCUT2D eigenvalue weighted by molar-refractivity contribution is -0.534. The summed E-state index contributed by atoms with van der Waals surface area (Å²) < 4.78 is 31.0. The average molecular weight is 513 g/mol. The fraction of sp³-hybridized carbons (Fsp3) is 0.556. The average Bonchev–Trinajstić information content (AvgIpc) is 3.48. The van der Waals surface area contributed by atoms with E-state index in [-0.39, 0.29) is 4.92 Å². The Labute approximate surface area is 215 Å². The van der Waals surface area contributed by atoms with Gasteiger partial charge in [0.25, 0.3) is 6.04 Å². The zero-order chi connectivity index (χ0) is 25.9. The Morgan fingerprint density at radius 3 is 2.00 bits per heavy atom. The summed E-state index contributed by atoms with van der Waals surface area (Å²) >= 11 is 0. The largest absolute Gasteiger partial charge is 0.342 e. The third kappa shape index (κ3) is 4.57. The second-order valence-corrected chi connectivity index (χ2v) is 10.9. The maximum atomic E-state index is 12.7. The van der Waals surface area contributed by atoms with E-state index in [1.807, 2.05) is 74.5 Å². The van der Waals surface area contributed by atoms with Gasteiger partial charge in [0.1, 0.15) is 30.5 Å². The zero-order valence-electron chi connectivity index (χ0n) is 21.3. The highest BCUT2D eigenvalue weighted by Crippen LogP contribution is 2.48. The van der Waals surface area contributed by atoms with Gasteiger partial charge < -0.3 is 23.7 Å². The van der Waals surface area contributed by atoms with Gasteiger partial charge in [-0.1, -0.05) is 60.7 Å². The molecule has 2 aromatic carbocycles. The minimum atomic E-state index is -1.13. The van der Waals surface area contributed by atoms with Crippen LogP contribution in [-0.2, 0) is 35.1 Å². The molecule has 0 unspecified atom stereocenters. The van der Waals surface area contributed by atoms with Gasteiger partial charge >= 0.3 is 0 Å². The first-order valence-electron chi connectivity index (χ1n) is 12.6. The van der Waals surface area contributed by atoms with E-state index in [2.05, 4.69) is 0 Å². The van der Waals surface area contributed by atoms with Crippen molar-refractivity contribution in [2.75, 3.05) is 0 Å². The molecule has 4 aliphatic rings. The molecular weight excluding hydrogens is 480 g/mol. The quantitative estimate of drug-likeness (QED) is 0.439. The van der Waals surface area contributed by atoms with Gasteiger partial charge in [-0.25, -0.2) is 0 Å². The van der Waals surface area contributed by atoms with Crippen LogP contribution in [-0.4, -0.2) is 64.4 Å². The topological polar surface area (TPSA) is 102 Å². The van der Waals surface area contributed by atoms with E-state index >= 15 is 0 Å². The van der Waals surface area contributed by atoms with Crippen LogP contribution in [0, 0.1) is 10.1 Å². The highest BCUT2D eigenvalue weighted by atomic mass is 16.9. The molecule has 37 heavy (non-hydrogen) atoms. The fourth-order valence-corrected chi connectivity index (χ4v) is 5.94. The molecule has 4 fully saturated rings. The van der Waals surface area contributed by atoms with Crippen molar-refractivity contribution < 1.29 is 33.4 Å². The zero-order valence-corrected chi connectivity index (χ0v) is 21.3. The number of nitro groups is 1. The third-order valence-electron chi connectivity index (χ3n) is 7.31. The van der Waals surface area contributed by atoms with Gasteiger partial charge in [-0.3, -0.25) is 15.0 Å². The molecule has 0 bridgehead atoms. The summed E-state index contributed by atoms with van der Waals surface area (Å²) in [5.41, 5.74) is 1.77. The SMILES string of the molecule is CC1(C)O[C@H]2[C@@H]([C@H]3ON(Cc4ccccc4)[C@H](c4ccccc4)[C@@H]3[N+](=O)[O-])O[C@@H]3OC(C)(C)O[C@@H]3[C@H]2O1. The molecule has 10 heteroatoms. The van der Waals surface area contributed by atoms with Gasteiger partial charge in [-0.2, -0.15) is 5.06 Å². The van der Waals surface area contributed by atoms with Crippen LogP contribution in [0.15, 0.2) is 60.7 Å². The Balaban J connectivity index is 1.38. The van der Waals surface area contributed by atoms with E-state index in [4.69, 9.17) is 28.5 Å². The van der Waals surface area contributed by atoms with Crippen LogP contribution >= 0.6 is 0 Å². The number of hydroxylamine groups is 2. The van der Waals surface area contributed by atoms with Crippen molar-refractivity contribution in [1.29, 1.82) is 0 Å². The molecule has 0 aliphatic carbocycles. The van der Waals surface area contributed by atoms with Crippen LogP contribution < -0.4 is 0 Å². The summed E-state index contributed by atoms with van der Waals surface area (Å²) in [4.78, 5) is 18.9. The van der Waals surface area contributed by atoms with Crippen LogP contribution in [0.3, 0.4) is 0 Å². The van der Waals surface area contributed by atoms with E-state index in [0.29, 0.717) is 6.54 Å². The highest BCUT2D eigenvalue weighted by molar-refractivity contribution is 5.23. The van der Waals surface area contributed by atoms with Crippen molar-refractivity contribution in [3.05, 3.63) is 81.9 Å². The van der Waals surface area contributed by atoms with Crippen LogP contribution in [0.25, 0.3) is 0 Å². The molecule has 0 saturated carbocycles. The summed E-state index contributed by atoms with van der Waals surface area (Å²) in [5.74, 6) is -1.82. The lowest BCUT2D eigenvalue weighted by Gasteiger charge is -2.39. The first-order chi connectivity index (χ1) is 17.6. The highest BCUT2D eigenvalue weighted by Gasteiger charge is 2.66. The molecule has 198 valence electrons. The smallest absolute Gasteiger partial charge is 0.265 e. The second-order valence-electron chi connectivity index (χ2n) is 10.9. The lowest BCUT2D eigenvalue weighted by Crippen LogP contribution is -2.60. The third-order valence-corrected chi connectivity index (χ3v) is 7.31. The molecule has 0 amide bonds. The van der Waals surface area contributed by atoms with E-state index in [0.717, 1.165) is 11.1 Å². The Hall–Kier alpha value is -2.44.